The minimum Gasteiger partial charge on any atom is -0.485 e. The van der Waals surface area contributed by atoms with Gasteiger partial charge in [-0.05, 0) is 70.3 Å². The van der Waals surface area contributed by atoms with Crippen molar-refractivity contribution >= 4 is 56.2 Å². The van der Waals surface area contributed by atoms with E-state index in [1.54, 1.807) is 12.1 Å². The van der Waals surface area contributed by atoms with E-state index >= 15 is 0 Å². The van der Waals surface area contributed by atoms with Gasteiger partial charge in [0.1, 0.15) is 23.3 Å². The molecule has 2 saturated heterocycles. The number of benzene rings is 1. The number of aliphatic imine (C=N–C) groups is 1. The number of fused-ring (bicyclic) bond motifs is 1. The second kappa shape index (κ2) is 12.7. The number of thiazole rings is 1. The molecule has 5 rings (SSSR count). The topological polar surface area (TPSA) is 270 Å². The Labute approximate surface area is 273 Å². The van der Waals surface area contributed by atoms with Gasteiger partial charge >= 0.3 is 16.4 Å². The van der Waals surface area contributed by atoms with Crippen molar-refractivity contribution < 1.29 is 46.3 Å². The zero-order valence-electron chi connectivity index (χ0n) is 25.5. The summed E-state index contributed by atoms with van der Waals surface area (Å²) in [7, 11) is -5.02. The number of nitrogen functional groups attached to an aromatic ring is 1. The summed E-state index contributed by atoms with van der Waals surface area (Å²) in [4.78, 5) is 52.8. The van der Waals surface area contributed by atoms with Gasteiger partial charge in [-0.15, -0.1) is 15.6 Å². The number of nitrogens with two attached hydrogens (primary N) is 2. The van der Waals surface area contributed by atoms with E-state index in [9.17, 15) is 27.9 Å². The number of nitrogens with one attached hydrogen (secondary N) is 2. The summed E-state index contributed by atoms with van der Waals surface area (Å²) < 4.78 is 41.7. The van der Waals surface area contributed by atoms with Crippen LogP contribution in [0.1, 0.15) is 50.4 Å². The molecule has 0 saturated carbocycles. The molecule has 0 radical (unpaired) electrons. The molecule has 2 aromatic rings. The van der Waals surface area contributed by atoms with Crippen molar-refractivity contribution in [1.29, 1.82) is 0 Å². The molecule has 0 bridgehead atoms. The SMILES string of the molecule is CC(O/N=C(\C(=O)N[C@@H]1C(=O)N(OS(=O)(=O)O)C1(C)C)c1csc(N)n1)(C(=O)O)[C@H]1CCc2cc(C(N)=N[C@@H]3CCNC3)ccc2O1. The fraction of sp³-hybridized carbons (Fsp3) is 0.481. The first-order valence-electron chi connectivity index (χ1n) is 14.4. The predicted molar refractivity (Wildman–Crippen MR) is 167 cm³/mol. The van der Waals surface area contributed by atoms with Crippen LogP contribution in [-0.4, -0.2) is 99.9 Å². The number of carboxylic acids is 1. The Morgan fingerprint density at radius 2 is 2.06 bits per heavy atom. The maximum absolute atomic E-state index is 13.4. The minimum atomic E-state index is -5.02. The van der Waals surface area contributed by atoms with Crippen LogP contribution in [0.15, 0.2) is 33.7 Å². The van der Waals surface area contributed by atoms with Crippen LogP contribution in [0.3, 0.4) is 0 Å². The monoisotopic (exact) mass is 694 g/mol. The lowest BCUT2D eigenvalue weighted by Gasteiger charge is -2.50. The van der Waals surface area contributed by atoms with E-state index in [1.807, 2.05) is 6.07 Å². The van der Waals surface area contributed by atoms with E-state index in [1.165, 1.54) is 26.2 Å². The highest BCUT2D eigenvalue weighted by molar-refractivity contribution is 7.80. The molecule has 20 heteroatoms. The van der Waals surface area contributed by atoms with Crippen LogP contribution in [0, 0.1) is 0 Å². The van der Waals surface area contributed by atoms with Crippen LogP contribution in [0.5, 0.6) is 5.75 Å². The van der Waals surface area contributed by atoms with Crippen molar-refractivity contribution in [3.05, 3.63) is 40.4 Å². The summed E-state index contributed by atoms with van der Waals surface area (Å²) in [6.45, 7) is 5.63. The zero-order chi connectivity index (χ0) is 34.3. The highest BCUT2D eigenvalue weighted by Gasteiger charge is 2.58. The number of nitrogens with zero attached hydrogens (tertiary/aromatic N) is 4. The summed E-state index contributed by atoms with van der Waals surface area (Å²) >= 11 is 0.967. The van der Waals surface area contributed by atoms with Crippen LogP contribution in [0.25, 0.3) is 0 Å². The number of carbonyl (C=O) groups is 3. The maximum atomic E-state index is 13.4. The molecule has 1 aromatic heterocycles. The van der Waals surface area contributed by atoms with Gasteiger partial charge in [0.15, 0.2) is 16.9 Å². The second-order valence-electron chi connectivity index (χ2n) is 11.8. The maximum Gasteiger partial charge on any atom is 0.418 e. The number of amides is 2. The molecule has 3 aliphatic rings. The van der Waals surface area contributed by atoms with Crippen LogP contribution >= 0.6 is 11.3 Å². The third-order valence-electron chi connectivity index (χ3n) is 8.12. The van der Waals surface area contributed by atoms with E-state index in [2.05, 4.69) is 30.0 Å². The van der Waals surface area contributed by atoms with E-state index < -0.39 is 57.2 Å². The van der Waals surface area contributed by atoms with Gasteiger partial charge in [-0.2, -0.15) is 13.5 Å². The molecule has 18 nitrogen and oxygen atoms in total. The first-order chi connectivity index (χ1) is 22.0. The molecule has 2 fully saturated rings. The van der Waals surface area contributed by atoms with E-state index in [0.717, 1.165) is 42.0 Å². The lowest BCUT2D eigenvalue weighted by atomic mass is 9.84. The normalized spacial score (nSPS) is 24.0. The Balaban J connectivity index is 1.35. The average Bonchev–Trinajstić information content (AvgIpc) is 3.69. The number of rotatable bonds is 11. The van der Waals surface area contributed by atoms with Crippen molar-refractivity contribution in [2.75, 3.05) is 18.8 Å². The zero-order valence-corrected chi connectivity index (χ0v) is 27.1. The van der Waals surface area contributed by atoms with E-state index in [-0.39, 0.29) is 23.3 Å². The largest absolute Gasteiger partial charge is 0.485 e. The fourth-order valence-corrected chi connectivity index (χ4v) is 6.35. The number of aromatic nitrogens is 1. The smallest absolute Gasteiger partial charge is 0.418 e. The first-order valence-corrected chi connectivity index (χ1v) is 16.6. The lowest BCUT2D eigenvalue weighted by molar-refractivity contribution is -0.218. The molecule has 254 valence electrons. The number of aryl methyl sites for hydroxylation is 1. The molecule has 2 amide bonds. The predicted octanol–water partition coefficient (Wildman–Crippen LogP) is -0.410. The second-order valence-corrected chi connectivity index (χ2v) is 13.7. The molecule has 8 N–H and O–H groups in total. The van der Waals surface area contributed by atoms with Gasteiger partial charge in [0, 0.05) is 17.5 Å². The van der Waals surface area contributed by atoms with Crippen molar-refractivity contribution in [3.63, 3.8) is 0 Å². The van der Waals surface area contributed by atoms with Crippen LogP contribution < -0.4 is 26.8 Å². The van der Waals surface area contributed by atoms with Gasteiger partial charge in [-0.25, -0.2) is 9.78 Å². The third-order valence-corrected chi connectivity index (χ3v) is 9.14. The van der Waals surface area contributed by atoms with E-state index in [0.29, 0.717) is 23.1 Å². The first kappa shape index (κ1) is 34.0. The summed E-state index contributed by atoms with van der Waals surface area (Å²) in [5, 5.41) is 21.6. The third kappa shape index (κ3) is 7.00. The van der Waals surface area contributed by atoms with Gasteiger partial charge in [0.2, 0.25) is 0 Å². The summed E-state index contributed by atoms with van der Waals surface area (Å²) in [6, 6.07) is 4.04. The average molecular weight is 695 g/mol. The number of carboxylic acid groups (broad SMARTS) is 1. The number of anilines is 1. The Hall–Kier alpha value is -4.37. The minimum absolute atomic E-state index is 0.0615. The number of hydrogen-bond donors (Lipinski definition) is 6. The number of aliphatic carboxylic acids is 1. The summed E-state index contributed by atoms with van der Waals surface area (Å²) in [5.74, 6) is -2.62. The molecule has 0 spiro atoms. The van der Waals surface area contributed by atoms with E-state index in [4.69, 9.17) is 25.6 Å². The van der Waals surface area contributed by atoms with Gasteiger partial charge in [0.05, 0.1) is 11.6 Å². The molecule has 1 unspecified atom stereocenters. The Bertz CT molecular complexity index is 1750. The highest BCUT2D eigenvalue weighted by Crippen LogP contribution is 2.35. The Morgan fingerprint density at radius 3 is 2.66 bits per heavy atom. The van der Waals surface area contributed by atoms with Gasteiger partial charge in [-0.3, -0.25) is 19.1 Å². The molecule has 4 atom stereocenters. The van der Waals surface area contributed by atoms with Crippen LogP contribution in [-0.2, 0) is 40.3 Å². The molecule has 4 heterocycles. The molecular formula is C27H34N8O10S2. The van der Waals surface area contributed by atoms with Gasteiger partial charge in [-0.1, -0.05) is 5.16 Å². The molecule has 3 aliphatic heterocycles. The number of carbonyl (C=O) groups excluding carboxylic acids is 2. The van der Waals surface area contributed by atoms with Crippen LogP contribution in [0.4, 0.5) is 5.13 Å². The van der Waals surface area contributed by atoms with Crippen molar-refractivity contribution in [2.45, 2.75) is 69.4 Å². The number of oxime groups is 1. The number of amidine groups is 1. The van der Waals surface area contributed by atoms with Crippen molar-refractivity contribution in [1.82, 2.24) is 20.7 Å². The Kier molecular flexibility index (Phi) is 9.16. The number of β-lactam (4-membered cyclic amide) rings is 1. The van der Waals surface area contributed by atoms with Crippen molar-refractivity contribution in [2.24, 2.45) is 15.9 Å². The quantitative estimate of drug-likeness (QED) is 0.0574. The molecule has 47 heavy (non-hydrogen) atoms. The molecule has 1 aromatic carbocycles. The number of hydroxylamine groups is 2. The fourth-order valence-electron chi connectivity index (χ4n) is 5.35. The Morgan fingerprint density at radius 1 is 1.32 bits per heavy atom. The van der Waals surface area contributed by atoms with Gasteiger partial charge < -0.3 is 36.8 Å². The summed E-state index contributed by atoms with van der Waals surface area (Å²) in [6.07, 6.45) is 0.463. The number of ether oxygens (including phenoxy) is 1. The van der Waals surface area contributed by atoms with Gasteiger partial charge in [0.25, 0.3) is 17.4 Å². The van der Waals surface area contributed by atoms with Crippen molar-refractivity contribution in [3.8, 4) is 5.75 Å². The summed E-state index contributed by atoms with van der Waals surface area (Å²) in [5.41, 5.74) is 9.38. The molecular weight excluding hydrogens is 660 g/mol. The molecule has 0 aliphatic carbocycles. The van der Waals surface area contributed by atoms with Crippen LogP contribution in [0.2, 0.25) is 0 Å². The highest BCUT2D eigenvalue weighted by atomic mass is 32.3. The number of hydrogen-bond acceptors (Lipinski definition) is 14. The lowest BCUT2D eigenvalue weighted by Crippen LogP contribution is -2.76. The standard InChI is InChI=1S/C27H34N8O10S2/c1-26(2)20(23(37)35(26)45-47(40,41)42)33-22(36)19(16-12-46-25(29)32-16)34-44-27(3,24(38)39)18-7-5-13-10-14(4-6-17(13)43-18)21(28)31-15-8-9-30-11-15/h4,6,10,12,15,18,20,30H,5,7-9,11H2,1-3H3,(H2,28,31)(H2,29,32)(H,33,36)(H,38,39)(H,40,41,42)/b34-19-/t15-,18-,20-,27?/m1/s1.